The van der Waals surface area contributed by atoms with Gasteiger partial charge in [0, 0.05) is 54.4 Å². The van der Waals surface area contributed by atoms with E-state index in [1.807, 2.05) is 30.3 Å². The van der Waals surface area contributed by atoms with Crippen LogP contribution in [0.3, 0.4) is 0 Å². The molecule has 0 bridgehead atoms. The Morgan fingerprint density at radius 1 is 0.977 bits per heavy atom. The number of halogens is 2. The molecule has 4 aromatic rings. The minimum Gasteiger partial charge on any atom is -0.489 e. The van der Waals surface area contributed by atoms with Crippen LogP contribution in [0.2, 0.25) is 5.02 Å². The Labute approximate surface area is 260 Å². The summed E-state index contributed by atoms with van der Waals surface area (Å²) in [5.41, 5.74) is 11.8. The SMILES string of the molecule is Nc1nc2c(c(N3CCN(CCOCc4ccc(C(=O)O)cc4F)CC3)n1)CCc1cc(OCc3ccc(Cl)cc3)ccc1-2. The minimum atomic E-state index is -1.16. The molecule has 0 spiro atoms. The first-order valence-corrected chi connectivity index (χ1v) is 15.0. The van der Waals surface area contributed by atoms with Crippen LogP contribution in [0.15, 0.2) is 60.7 Å². The fourth-order valence-electron chi connectivity index (χ4n) is 5.66. The second kappa shape index (κ2) is 13.2. The van der Waals surface area contributed by atoms with E-state index >= 15 is 0 Å². The Hall–Kier alpha value is -4.25. The average Bonchev–Trinajstić information content (AvgIpc) is 3.03. The first-order chi connectivity index (χ1) is 21.3. The van der Waals surface area contributed by atoms with E-state index in [-0.39, 0.29) is 18.1 Å². The highest BCUT2D eigenvalue weighted by atomic mass is 35.5. The van der Waals surface area contributed by atoms with Crippen molar-refractivity contribution >= 4 is 29.3 Å². The normalized spacial score (nSPS) is 14.6. The van der Waals surface area contributed by atoms with E-state index in [9.17, 15) is 9.18 Å². The fourth-order valence-corrected chi connectivity index (χ4v) is 5.79. The van der Waals surface area contributed by atoms with Gasteiger partial charge in [0.15, 0.2) is 0 Å². The summed E-state index contributed by atoms with van der Waals surface area (Å²) in [4.78, 5) is 24.9. The summed E-state index contributed by atoms with van der Waals surface area (Å²) < 4.78 is 25.9. The highest BCUT2D eigenvalue weighted by Gasteiger charge is 2.27. The van der Waals surface area contributed by atoms with Gasteiger partial charge in [0.05, 0.1) is 24.5 Å². The van der Waals surface area contributed by atoms with E-state index in [4.69, 9.17) is 31.9 Å². The summed E-state index contributed by atoms with van der Waals surface area (Å²) in [5.74, 6) is 0.241. The molecule has 9 nitrogen and oxygen atoms in total. The smallest absolute Gasteiger partial charge is 0.335 e. The van der Waals surface area contributed by atoms with Gasteiger partial charge in [-0.1, -0.05) is 29.8 Å². The van der Waals surface area contributed by atoms with Crippen molar-refractivity contribution in [3.63, 3.8) is 0 Å². The highest BCUT2D eigenvalue weighted by Crippen LogP contribution is 2.38. The summed E-state index contributed by atoms with van der Waals surface area (Å²) in [6.45, 7) is 4.95. The zero-order valence-electron chi connectivity index (χ0n) is 24.1. The lowest BCUT2D eigenvalue weighted by atomic mass is 9.88. The van der Waals surface area contributed by atoms with Gasteiger partial charge >= 0.3 is 5.97 Å². The molecule has 228 valence electrons. The Morgan fingerprint density at radius 2 is 1.77 bits per heavy atom. The van der Waals surface area contributed by atoms with Gasteiger partial charge in [-0.2, -0.15) is 4.98 Å². The summed E-state index contributed by atoms with van der Waals surface area (Å²) in [6.07, 6.45) is 1.67. The first kappa shape index (κ1) is 29.8. The molecule has 2 heterocycles. The van der Waals surface area contributed by atoms with Crippen molar-refractivity contribution in [3.05, 3.63) is 99.3 Å². The predicted molar refractivity (Wildman–Crippen MR) is 167 cm³/mol. The number of carbonyl (C=O) groups is 1. The molecule has 1 aliphatic carbocycles. The van der Waals surface area contributed by atoms with Crippen LogP contribution in [0.1, 0.15) is 32.6 Å². The monoisotopic (exact) mass is 617 g/mol. The van der Waals surface area contributed by atoms with Crippen LogP contribution in [0.4, 0.5) is 16.2 Å². The molecule has 44 heavy (non-hydrogen) atoms. The van der Waals surface area contributed by atoms with Crippen LogP contribution < -0.4 is 15.4 Å². The number of hydrogen-bond acceptors (Lipinski definition) is 8. The molecule has 3 N–H and O–H groups in total. The van der Waals surface area contributed by atoms with Gasteiger partial charge in [0.25, 0.3) is 0 Å². The van der Waals surface area contributed by atoms with E-state index < -0.39 is 11.8 Å². The molecule has 0 saturated carbocycles. The zero-order valence-corrected chi connectivity index (χ0v) is 24.9. The summed E-state index contributed by atoms with van der Waals surface area (Å²) in [5, 5.41) is 9.70. The second-order valence-electron chi connectivity index (χ2n) is 11.0. The molecule has 0 unspecified atom stereocenters. The molecular formula is C33H33ClFN5O4. The molecule has 6 rings (SSSR count). The largest absolute Gasteiger partial charge is 0.489 e. The minimum absolute atomic E-state index is 0.0787. The number of nitrogens with two attached hydrogens (primary N) is 1. The molecular weight excluding hydrogens is 585 g/mol. The van der Waals surface area contributed by atoms with Gasteiger partial charge in [0.2, 0.25) is 5.95 Å². The Bertz CT molecular complexity index is 1660. The van der Waals surface area contributed by atoms with Crippen LogP contribution in [0, 0.1) is 5.82 Å². The number of aryl methyl sites for hydroxylation is 1. The number of hydrogen-bond donors (Lipinski definition) is 2. The van der Waals surface area contributed by atoms with Crippen LogP contribution in [0.5, 0.6) is 5.75 Å². The molecule has 1 saturated heterocycles. The molecule has 3 aromatic carbocycles. The standard InChI is InChI=1S/C33H33ClFN5O4/c34-25-6-1-21(2-7-25)19-44-26-8-10-27-22(17-26)5-9-28-30(27)37-33(36)38-31(28)40-13-11-39(12-14-40)15-16-43-20-24-4-3-23(32(41)42)18-29(24)35/h1-4,6-8,10,17-18H,5,9,11-16,19-20H2,(H,41,42)(H2,36,37,38). The van der Waals surface area contributed by atoms with Crippen LogP contribution >= 0.6 is 11.6 Å². The number of aromatic carboxylic acids is 1. The first-order valence-electron chi connectivity index (χ1n) is 14.6. The lowest BCUT2D eigenvalue weighted by Gasteiger charge is -2.37. The number of nitrogens with zero attached hydrogens (tertiary/aromatic N) is 4. The number of rotatable bonds is 10. The van der Waals surface area contributed by atoms with Gasteiger partial charge in [-0.15, -0.1) is 0 Å². The van der Waals surface area contributed by atoms with Crippen molar-refractivity contribution in [2.45, 2.75) is 26.1 Å². The number of carboxylic acid groups (broad SMARTS) is 1. The van der Waals surface area contributed by atoms with Crippen LogP contribution in [-0.2, 0) is 30.8 Å². The third-order valence-electron chi connectivity index (χ3n) is 8.08. The molecule has 2 aliphatic rings. The highest BCUT2D eigenvalue weighted by molar-refractivity contribution is 6.30. The third-order valence-corrected chi connectivity index (χ3v) is 8.33. The summed E-state index contributed by atoms with van der Waals surface area (Å²) >= 11 is 5.99. The lowest BCUT2D eigenvalue weighted by molar-refractivity contribution is 0.0695. The van der Waals surface area contributed by atoms with Gasteiger partial charge in [-0.3, -0.25) is 4.90 Å². The Balaban J connectivity index is 1.04. The third kappa shape index (κ3) is 6.77. The maximum atomic E-state index is 14.2. The Morgan fingerprint density at radius 3 is 2.52 bits per heavy atom. The van der Waals surface area contributed by atoms with E-state index in [0.29, 0.717) is 30.3 Å². The molecule has 1 aliphatic heterocycles. The topological polar surface area (TPSA) is 114 Å². The van der Waals surface area contributed by atoms with Crippen LogP contribution in [0.25, 0.3) is 11.3 Å². The Kier molecular flexibility index (Phi) is 8.92. The lowest BCUT2D eigenvalue weighted by Crippen LogP contribution is -2.48. The number of benzene rings is 3. The number of nitrogen functional groups attached to an aromatic ring is 1. The zero-order chi connectivity index (χ0) is 30.6. The number of fused-ring (bicyclic) bond motifs is 3. The predicted octanol–water partition coefficient (Wildman–Crippen LogP) is 5.23. The number of ether oxygens (including phenoxy) is 2. The molecule has 0 amide bonds. The molecule has 1 fully saturated rings. The van der Waals surface area contributed by atoms with Crippen molar-refractivity contribution in [2.75, 3.05) is 50.0 Å². The van der Waals surface area contributed by atoms with Crippen molar-refractivity contribution < 1.29 is 23.8 Å². The maximum absolute atomic E-state index is 14.2. The number of carboxylic acids is 1. The second-order valence-corrected chi connectivity index (χ2v) is 11.4. The van der Waals surface area contributed by atoms with E-state index in [2.05, 4.69) is 31.9 Å². The molecule has 1 aromatic heterocycles. The van der Waals surface area contributed by atoms with Gasteiger partial charge in [-0.05, 0) is 66.4 Å². The van der Waals surface area contributed by atoms with Crippen molar-refractivity contribution in [2.24, 2.45) is 0 Å². The van der Waals surface area contributed by atoms with E-state index in [0.717, 1.165) is 79.0 Å². The van der Waals surface area contributed by atoms with E-state index in [1.165, 1.54) is 17.7 Å². The quantitative estimate of drug-likeness (QED) is 0.231. The number of aromatic nitrogens is 2. The molecule has 0 radical (unpaired) electrons. The van der Waals surface area contributed by atoms with Gasteiger partial charge in [-0.25, -0.2) is 14.2 Å². The molecule has 0 atom stereocenters. The summed E-state index contributed by atoms with van der Waals surface area (Å²) in [6, 6.07) is 17.6. The van der Waals surface area contributed by atoms with Gasteiger partial charge in [0.1, 0.15) is 24.0 Å². The molecule has 11 heteroatoms. The van der Waals surface area contributed by atoms with Crippen LogP contribution in [-0.4, -0.2) is 65.3 Å². The van der Waals surface area contributed by atoms with Crippen molar-refractivity contribution in [1.29, 1.82) is 0 Å². The van der Waals surface area contributed by atoms with Crippen molar-refractivity contribution in [3.8, 4) is 17.0 Å². The van der Waals surface area contributed by atoms with Gasteiger partial charge < -0.3 is 25.2 Å². The number of piperazine rings is 1. The number of anilines is 2. The van der Waals surface area contributed by atoms with Crippen molar-refractivity contribution in [1.82, 2.24) is 14.9 Å². The summed E-state index contributed by atoms with van der Waals surface area (Å²) in [7, 11) is 0. The fraction of sp³-hybridized carbons (Fsp3) is 0.303. The maximum Gasteiger partial charge on any atom is 0.335 e. The average molecular weight is 618 g/mol. The van der Waals surface area contributed by atoms with E-state index in [1.54, 1.807) is 0 Å².